The number of amides is 2. The molecule has 0 saturated heterocycles. The lowest BCUT2D eigenvalue weighted by Gasteiger charge is -2.06. The second-order valence-electron chi connectivity index (χ2n) is 2.92. The molecule has 0 aliphatic rings. The van der Waals surface area contributed by atoms with Crippen LogP contribution in [0.1, 0.15) is 20.3 Å². The normalized spacial score (nSPS) is 11.2. The minimum atomic E-state index is -0.443. The predicted molar refractivity (Wildman–Crippen MR) is 51.8 cm³/mol. The lowest BCUT2D eigenvalue weighted by atomic mass is 10.5. The zero-order valence-corrected chi connectivity index (χ0v) is 9.21. The number of nitrogens with one attached hydrogen (secondary N) is 1. The van der Waals surface area contributed by atoms with Gasteiger partial charge in [0, 0.05) is 12.6 Å². The van der Waals surface area contributed by atoms with Gasteiger partial charge in [0.1, 0.15) is 0 Å². The molecule has 0 bridgehead atoms. The van der Waals surface area contributed by atoms with Crippen molar-refractivity contribution in [2.24, 2.45) is 5.73 Å². The largest absolute Gasteiger partial charge is 0.422 e. The molecule has 4 nitrogen and oxygen atoms in total. The summed E-state index contributed by atoms with van der Waals surface area (Å²) in [5, 5.41) is 2.54. The Bertz CT molecular complexity index is 131. The number of carbonyl (C=O) groups is 1. The van der Waals surface area contributed by atoms with Gasteiger partial charge in [0.05, 0.1) is 0 Å². The Hall–Kier alpha value is -0.553. The molecule has 0 unspecified atom stereocenters. The van der Waals surface area contributed by atoms with Gasteiger partial charge in [-0.25, -0.2) is 4.79 Å². The van der Waals surface area contributed by atoms with Crippen LogP contribution in [0.3, 0.4) is 0 Å². The quantitative estimate of drug-likeness (QED) is 0.456. The van der Waals surface area contributed by atoms with Gasteiger partial charge in [-0.15, -0.1) is 0 Å². The monoisotopic (exact) mass is 190 g/mol. The van der Waals surface area contributed by atoms with Crippen molar-refractivity contribution in [1.29, 1.82) is 0 Å². The third-order valence-electron chi connectivity index (χ3n) is 1.32. The Morgan fingerprint density at radius 2 is 2.33 bits per heavy atom. The molecule has 0 radical (unpaired) electrons. The van der Waals surface area contributed by atoms with Gasteiger partial charge in [-0.1, -0.05) is 0 Å². The fourth-order valence-corrected chi connectivity index (χ4v) is 1.85. The summed E-state index contributed by atoms with van der Waals surface area (Å²) >= 11 is 0. The smallest absolute Gasteiger partial charge is 0.312 e. The van der Waals surface area contributed by atoms with Gasteiger partial charge < -0.3 is 15.5 Å². The third kappa shape index (κ3) is 9.45. The highest BCUT2D eigenvalue weighted by molar-refractivity contribution is 6.27. The molecule has 0 aromatic carbocycles. The third-order valence-corrected chi connectivity index (χ3v) is 3.01. The number of hydrogen-bond donors (Lipinski definition) is 2. The summed E-state index contributed by atoms with van der Waals surface area (Å²) < 4.78 is 5.44. The highest BCUT2D eigenvalue weighted by Gasteiger charge is 1.94. The van der Waals surface area contributed by atoms with Gasteiger partial charge in [-0.05, 0) is 26.3 Å². The van der Waals surface area contributed by atoms with E-state index < -0.39 is 6.03 Å². The van der Waals surface area contributed by atoms with Crippen LogP contribution < -0.4 is 11.1 Å². The Morgan fingerprint density at radius 3 is 2.83 bits per heavy atom. The maximum atomic E-state index is 10.2. The van der Waals surface area contributed by atoms with Crippen molar-refractivity contribution in [3.05, 3.63) is 0 Å². The van der Waals surface area contributed by atoms with Crippen LogP contribution in [0.2, 0.25) is 6.04 Å². The van der Waals surface area contributed by atoms with Crippen molar-refractivity contribution < 1.29 is 9.22 Å². The summed E-state index contributed by atoms with van der Waals surface area (Å²) in [6.07, 6.45) is 1.32. The van der Waals surface area contributed by atoms with Gasteiger partial charge in [0.25, 0.3) is 0 Å². The number of carbonyl (C=O) groups excluding carboxylic acids is 1. The summed E-state index contributed by atoms with van der Waals surface area (Å²) in [7, 11) is -0.373. The molecule has 5 heteroatoms. The molecule has 0 fully saturated rings. The minimum Gasteiger partial charge on any atom is -0.422 e. The van der Waals surface area contributed by atoms with Crippen LogP contribution in [0, 0.1) is 0 Å². The summed E-state index contributed by atoms with van der Waals surface area (Å²) in [5.74, 6) is 0. The van der Waals surface area contributed by atoms with Crippen LogP contribution in [0.15, 0.2) is 0 Å². The summed E-state index contributed by atoms with van der Waals surface area (Å²) in [6.45, 7) is 4.74. The Kier molecular flexibility index (Phi) is 6.79. The molecule has 12 heavy (non-hydrogen) atoms. The standard InChI is InChI=1S/C7H18N2O2Si/c1-6(2)11-12-5-3-4-9-7(8)10/h6H,3-5,12H2,1-2H3,(H3,8,9,10). The second kappa shape index (κ2) is 7.12. The molecule has 0 heterocycles. The molecule has 0 spiro atoms. The zero-order valence-electron chi connectivity index (χ0n) is 7.80. The van der Waals surface area contributed by atoms with Gasteiger partial charge in [-0.2, -0.15) is 0 Å². The number of urea groups is 1. The lowest BCUT2D eigenvalue weighted by molar-refractivity contribution is 0.247. The molecule has 0 aromatic heterocycles. The van der Waals surface area contributed by atoms with E-state index in [1.807, 2.05) is 13.8 Å². The fourth-order valence-electron chi connectivity index (χ4n) is 0.758. The molecule has 0 atom stereocenters. The van der Waals surface area contributed by atoms with Gasteiger partial charge in [0.15, 0.2) is 9.76 Å². The maximum Gasteiger partial charge on any atom is 0.312 e. The van der Waals surface area contributed by atoms with E-state index in [1.54, 1.807) is 0 Å². The zero-order chi connectivity index (χ0) is 9.40. The van der Waals surface area contributed by atoms with E-state index >= 15 is 0 Å². The lowest BCUT2D eigenvalue weighted by Crippen LogP contribution is -2.30. The molecule has 72 valence electrons. The first kappa shape index (κ1) is 11.4. The summed E-state index contributed by atoms with van der Waals surface area (Å²) in [5.41, 5.74) is 4.89. The van der Waals surface area contributed by atoms with Crippen LogP contribution >= 0.6 is 0 Å². The van der Waals surface area contributed by atoms with Crippen molar-refractivity contribution >= 4 is 15.8 Å². The van der Waals surface area contributed by atoms with E-state index in [0.717, 1.165) is 12.5 Å². The van der Waals surface area contributed by atoms with E-state index in [9.17, 15) is 4.79 Å². The van der Waals surface area contributed by atoms with E-state index in [0.29, 0.717) is 12.6 Å². The molecular formula is C7H18N2O2Si. The topological polar surface area (TPSA) is 64.3 Å². The highest BCUT2D eigenvalue weighted by Crippen LogP contribution is 1.91. The number of rotatable bonds is 6. The van der Waals surface area contributed by atoms with Crippen LogP contribution in [-0.2, 0) is 4.43 Å². The fraction of sp³-hybridized carbons (Fsp3) is 0.857. The molecule has 0 rings (SSSR count). The van der Waals surface area contributed by atoms with Gasteiger partial charge >= 0.3 is 6.03 Å². The number of nitrogens with two attached hydrogens (primary N) is 1. The van der Waals surface area contributed by atoms with Crippen molar-refractivity contribution in [2.75, 3.05) is 6.54 Å². The Labute approximate surface area is 75.8 Å². The average molecular weight is 190 g/mol. The van der Waals surface area contributed by atoms with Gasteiger partial charge in [0.2, 0.25) is 0 Å². The van der Waals surface area contributed by atoms with E-state index in [4.69, 9.17) is 10.2 Å². The average Bonchev–Trinajstić information content (AvgIpc) is 1.95. The number of primary amides is 1. The van der Waals surface area contributed by atoms with Gasteiger partial charge in [-0.3, -0.25) is 0 Å². The van der Waals surface area contributed by atoms with Crippen LogP contribution in [0.4, 0.5) is 4.79 Å². The van der Waals surface area contributed by atoms with Crippen molar-refractivity contribution in [1.82, 2.24) is 5.32 Å². The van der Waals surface area contributed by atoms with E-state index in [2.05, 4.69) is 5.32 Å². The SMILES string of the molecule is CC(C)O[SiH2]CCCNC(N)=O. The second-order valence-corrected chi connectivity index (χ2v) is 4.37. The summed E-state index contributed by atoms with van der Waals surface area (Å²) in [6, 6.07) is 0.653. The summed E-state index contributed by atoms with van der Waals surface area (Å²) in [4.78, 5) is 10.2. The number of hydrogen-bond acceptors (Lipinski definition) is 2. The first-order chi connectivity index (χ1) is 5.63. The van der Waals surface area contributed by atoms with Crippen molar-refractivity contribution in [2.45, 2.75) is 32.4 Å². The molecule has 0 aliphatic heterocycles. The van der Waals surface area contributed by atoms with E-state index in [1.165, 1.54) is 0 Å². The highest BCUT2D eigenvalue weighted by atomic mass is 28.2. The molecule has 0 aliphatic carbocycles. The van der Waals surface area contributed by atoms with Crippen LogP contribution in [-0.4, -0.2) is 28.4 Å². The van der Waals surface area contributed by atoms with Crippen molar-refractivity contribution in [3.8, 4) is 0 Å². The maximum absolute atomic E-state index is 10.2. The Morgan fingerprint density at radius 1 is 1.67 bits per heavy atom. The molecule has 3 N–H and O–H groups in total. The van der Waals surface area contributed by atoms with Crippen molar-refractivity contribution in [3.63, 3.8) is 0 Å². The predicted octanol–water partition coefficient (Wildman–Crippen LogP) is -0.0281. The first-order valence-electron chi connectivity index (χ1n) is 4.28. The molecular weight excluding hydrogens is 172 g/mol. The minimum absolute atomic E-state index is 0.348. The Balaban J connectivity index is 2.96. The molecule has 0 aromatic rings. The molecule has 0 saturated carbocycles. The van der Waals surface area contributed by atoms with E-state index in [-0.39, 0.29) is 9.76 Å². The molecule has 2 amide bonds. The van der Waals surface area contributed by atoms with Crippen LogP contribution in [0.5, 0.6) is 0 Å². The first-order valence-corrected chi connectivity index (χ1v) is 5.85. The van der Waals surface area contributed by atoms with Crippen LogP contribution in [0.25, 0.3) is 0 Å².